The number of benzene rings is 1. The van der Waals surface area contributed by atoms with Crippen molar-refractivity contribution in [2.24, 2.45) is 0 Å². The quantitative estimate of drug-likeness (QED) is 0.374. The lowest BCUT2D eigenvalue weighted by Gasteiger charge is -2.24. The summed E-state index contributed by atoms with van der Waals surface area (Å²) in [6.45, 7) is 0. The van der Waals surface area contributed by atoms with E-state index in [0.29, 0.717) is 16.8 Å². The molecule has 0 aliphatic heterocycles. The molecular weight excluding hydrogens is 334 g/mol. The minimum Gasteiger partial charge on any atom is -0.359 e. The van der Waals surface area contributed by atoms with Gasteiger partial charge < -0.3 is 10.6 Å². The molecule has 1 saturated carbocycles. The Hall–Kier alpha value is -2.00. The van der Waals surface area contributed by atoms with E-state index >= 15 is 0 Å². The molecule has 124 valence electrons. The molecule has 4 N–H and O–H groups in total. The first-order valence-corrected chi connectivity index (χ1v) is 8.25. The highest BCUT2D eigenvalue weighted by Crippen LogP contribution is 2.22. The number of nitrogens with zero attached hydrogens (tertiary/aromatic N) is 1. The average molecular weight is 353 g/mol. The molecular formula is C14H19N5O2S2. The fourth-order valence-electron chi connectivity index (χ4n) is 2.47. The van der Waals surface area contributed by atoms with Gasteiger partial charge in [0.15, 0.2) is 10.2 Å². The topological polar surface area (TPSA) is 91.3 Å². The highest BCUT2D eigenvalue weighted by Gasteiger charge is 2.15. The van der Waals surface area contributed by atoms with E-state index in [0.717, 1.165) is 12.8 Å². The van der Waals surface area contributed by atoms with Crippen molar-refractivity contribution in [2.45, 2.75) is 38.1 Å². The summed E-state index contributed by atoms with van der Waals surface area (Å²) in [5.74, 6) is 0. The Balaban J connectivity index is 1.78. The third-order valence-corrected chi connectivity index (χ3v) is 4.00. The number of hydrogen-bond donors (Lipinski definition) is 4. The molecule has 1 fully saturated rings. The van der Waals surface area contributed by atoms with Crippen LogP contribution in [0.25, 0.3) is 0 Å². The molecule has 7 nitrogen and oxygen atoms in total. The number of hydrazine groups is 1. The van der Waals surface area contributed by atoms with Gasteiger partial charge in [0.1, 0.15) is 5.69 Å². The zero-order valence-corrected chi connectivity index (χ0v) is 14.1. The number of hydrogen-bond acceptors (Lipinski definition) is 4. The number of nitro benzene ring substituents is 1. The van der Waals surface area contributed by atoms with E-state index in [1.54, 1.807) is 18.2 Å². The van der Waals surface area contributed by atoms with Gasteiger partial charge in [0, 0.05) is 12.1 Å². The Kier molecular flexibility index (Phi) is 6.48. The molecule has 0 heterocycles. The summed E-state index contributed by atoms with van der Waals surface area (Å²) in [6.07, 6.45) is 5.93. The molecule has 0 atom stereocenters. The molecule has 0 amide bonds. The Bertz CT molecular complexity index is 590. The van der Waals surface area contributed by atoms with E-state index < -0.39 is 4.92 Å². The Labute approximate surface area is 145 Å². The standard InChI is InChI=1S/C14H19N5O2S2/c20-19(21)12-9-5-4-8-11(12)16-14(23)18-17-13(22)15-10-6-2-1-3-7-10/h4-5,8-10H,1-3,6-7H2,(H2,15,17,22)(H2,16,18,23). The fourth-order valence-corrected chi connectivity index (χ4v) is 2.85. The summed E-state index contributed by atoms with van der Waals surface area (Å²) >= 11 is 10.3. The summed E-state index contributed by atoms with van der Waals surface area (Å²) < 4.78 is 0. The first kappa shape index (κ1) is 17.4. The summed E-state index contributed by atoms with van der Waals surface area (Å²) in [7, 11) is 0. The van der Waals surface area contributed by atoms with Gasteiger partial charge in [0.05, 0.1) is 4.92 Å². The van der Waals surface area contributed by atoms with Gasteiger partial charge in [0.2, 0.25) is 0 Å². The van der Waals surface area contributed by atoms with Crippen molar-refractivity contribution >= 4 is 46.0 Å². The molecule has 0 saturated heterocycles. The predicted molar refractivity (Wildman–Crippen MR) is 98.2 cm³/mol. The number of nitrogens with one attached hydrogen (secondary N) is 4. The van der Waals surface area contributed by atoms with Crippen LogP contribution >= 0.6 is 24.4 Å². The van der Waals surface area contributed by atoms with Crippen LogP contribution in [0.2, 0.25) is 0 Å². The van der Waals surface area contributed by atoms with Crippen LogP contribution in [0.5, 0.6) is 0 Å². The van der Waals surface area contributed by atoms with Gasteiger partial charge in [-0.3, -0.25) is 21.0 Å². The van der Waals surface area contributed by atoms with E-state index in [9.17, 15) is 10.1 Å². The second-order valence-electron chi connectivity index (χ2n) is 5.29. The number of rotatable bonds is 3. The van der Waals surface area contributed by atoms with E-state index in [1.807, 2.05) is 0 Å². The normalized spacial score (nSPS) is 14.6. The van der Waals surface area contributed by atoms with Gasteiger partial charge in [-0.2, -0.15) is 0 Å². The van der Waals surface area contributed by atoms with Gasteiger partial charge in [-0.25, -0.2) is 0 Å². The minimum absolute atomic E-state index is 0.0421. The molecule has 0 unspecified atom stereocenters. The smallest absolute Gasteiger partial charge is 0.292 e. The van der Waals surface area contributed by atoms with E-state index in [4.69, 9.17) is 24.4 Å². The monoisotopic (exact) mass is 353 g/mol. The molecule has 2 rings (SSSR count). The van der Waals surface area contributed by atoms with Crippen LogP contribution in [0, 0.1) is 10.1 Å². The molecule has 0 radical (unpaired) electrons. The maximum atomic E-state index is 10.9. The second-order valence-corrected chi connectivity index (χ2v) is 6.10. The van der Waals surface area contributed by atoms with Crippen molar-refractivity contribution in [3.05, 3.63) is 34.4 Å². The number of anilines is 1. The maximum absolute atomic E-state index is 10.9. The molecule has 0 bridgehead atoms. The maximum Gasteiger partial charge on any atom is 0.292 e. The zero-order valence-electron chi connectivity index (χ0n) is 12.5. The number of thiocarbonyl (C=S) groups is 2. The van der Waals surface area contributed by atoms with Crippen LogP contribution in [0.3, 0.4) is 0 Å². The highest BCUT2D eigenvalue weighted by molar-refractivity contribution is 7.80. The number of nitro groups is 1. The van der Waals surface area contributed by atoms with Crippen molar-refractivity contribution in [1.82, 2.24) is 16.2 Å². The predicted octanol–water partition coefficient (Wildman–Crippen LogP) is 2.59. The largest absolute Gasteiger partial charge is 0.359 e. The number of para-hydroxylation sites is 2. The molecule has 0 aromatic heterocycles. The van der Waals surface area contributed by atoms with Crippen LogP contribution in [0.4, 0.5) is 11.4 Å². The fraction of sp³-hybridized carbons (Fsp3) is 0.429. The van der Waals surface area contributed by atoms with Crippen LogP contribution in [0.15, 0.2) is 24.3 Å². The Morgan fingerprint density at radius 1 is 1.09 bits per heavy atom. The lowest BCUT2D eigenvalue weighted by molar-refractivity contribution is -0.383. The Morgan fingerprint density at radius 3 is 2.43 bits per heavy atom. The van der Waals surface area contributed by atoms with E-state index in [-0.39, 0.29) is 10.8 Å². The van der Waals surface area contributed by atoms with E-state index in [2.05, 4.69) is 21.5 Å². The van der Waals surface area contributed by atoms with Gasteiger partial charge in [-0.1, -0.05) is 31.4 Å². The summed E-state index contributed by atoms with van der Waals surface area (Å²) in [4.78, 5) is 10.5. The van der Waals surface area contributed by atoms with Crippen LogP contribution in [0.1, 0.15) is 32.1 Å². The average Bonchev–Trinajstić information content (AvgIpc) is 2.54. The van der Waals surface area contributed by atoms with E-state index in [1.165, 1.54) is 25.3 Å². The first-order chi connectivity index (χ1) is 11.1. The van der Waals surface area contributed by atoms with Crippen molar-refractivity contribution < 1.29 is 4.92 Å². The molecule has 1 aliphatic carbocycles. The molecule has 23 heavy (non-hydrogen) atoms. The van der Waals surface area contributed by atoms with Crippen LogP contribution < -0.4 is 21.5 Å². The van der Waals surface area contributed by atoms with Crippen molar-refractivity contribution in [3.8, 4) is 0 Å². The molecule has 1 aromatic rings. The summed E-state index contributed by atoms with van der Waals surface area (Å²) in [6, 6.07) is 6.68. The molecule has 1 aliphatic rings. The third-order valence-electron chi connectivity index (χ3n) is 3.58. The van der Waals surface area contributed by atoms with Crippen molar-refractivity contribution in [1.29, 1.82) is 0 Å². The third kappa shape index (κ3) is 5.61. The van der Waals surface area contributed by atoms with Gasteiger partial charge >= 0.3 is 0 Å². The van der Waals surface area contributed by atoms with Crippen molar-refractivity contribution in [2.75, 3.05) is 5.32 Å². The van der Waals surface area contributed by atoms with Gasteiger partial charge in [0.25, 0.3) is 5.69 Å². The zero-order chi connectivity index (χ0) is 16.7. The highest BCUT2D eigenvalue weighted by atomic mass is 32.1. The minimum atomic E-state index is -0.465. The summed E-state index contributed by atoms with van der Waals surface area (Å²) in [5, 5.41) is 17.6. The van der Waals surface area contributed by atoms with Crippen molar-refractivity contribution in [3.63, 3.8) is 0 Å². The van der Waals surface area contributed by atoms with Gasteiger partial charge in [-0.15, -0.1) is 0 Å². The lowest BCUT2D eigenvalue weighted by atomic mass is 9.96. The molecule has 1 aromatic carbocycles. The Morgan fingerprint density at radius 2 is 1.74 bits per heavy atom. The van der Waals surface area contributed by atoms with Crippen LogP contribution in [-0.4, -0.2) is 21.2 Å². The molecule has 9 heteroatoms. The molecule has 0 spiro atoms. The van der Waals surface area contributed by atoms with Gasteiger partial charge in [-0.05, 0) is 43.3 Å². The summed E-state index contributed by atoms with van der Waals surface area (Å²) in [5.41, 5.74) is 5.81. The second kappa shape index (κ2) is 8.59. The first-order valence-electron chi connectivity index (χ1n) is 7.43. The SMILES string of the molecule is O=[N+]([O-])c1ccccc1NC(=S)NNC(=S)NC1CCCCC1. The lowest BCUT2D eigenvalue weighted by Crippen LogP contribution is -2.51. The van der Waals surface area contributed by atoms with Crippen LogP contribution in [-0.2, 0) is 0 Å².